The first-order valence-corrected chi connectivity index (χ1v) is 6.32. The second-order valence-corrected chi connectivity index (χ2v) is 4.81. The van der Waals surface area contributed by atoms with Gasteiger partial charge in [-0.15, -0.1) is 6.58 Å². The lowest BCUT2D eigenvalue weighted by atomic mass is 10.0. The summed E-state index contributed by atoms with van der Waals surface area (Å²) >= 11 is 0. The molecule has 2 heteroatoms. The molecule has 1 heterocycles. The van der Waals surface area contributed by atoms with Gasteiger partial charge in [0.25, 0.3) is 0 Å². The van der Waals surface area contributed by atoms with E-state index in [1.54, 1.807) is 0 Å². The highest BCUT2D eigenvalue weighted by atomic mass is 15.2. The Morgan fingerprint density at radius 3 is 2.80 bits per heavy atom. The van der Waals surface area contributed by atoms with Crippen LogP contribution in [0.15, 0.2) is 12.7 Å². The maximum Gasteiger partial charge on any atom is 0.0195 e. The van der Waals surface area contributed by atoms with Gasteiger partial charge in [0.15, 0.2) is 0 Å². The van der Waals surface area contributed by atoms with E-state index in [1.807, 2.05) is 6.08 Å². The Morgan fingerprint density at radius 2 is 2.27 bits per heavy atom. The molecule has 1 unspecified atom stereocenters. The fourth-order valence-corrected chi connectivity index (χ4v) is 2.18. The van der Waals surface area contributed by atoms with Gasteiger partial charge in [0.1, 0.15) is 0 Å². The van der Waals surface area contributed by atoms with Crippen molar-refractivity contribution < 1.29 is 0 Å². The Labute approximate surface area is 94.7 Å². The molecule has 1 atom stereocenters. The van der Waals surface area contributed by atoms with E-state index >= 15 is 0 Å². The van der Waals surface area contributed by atoms with Crippen molar-refractivity contribution in [1.29, 1.82) is 0 Å². The van der Waals surface area contributed by atoms with E-state index < -0.39 is 0 Å². The summed E-state index contributed by atoms with van der Waals surface area (Å²) in [6.45, 7) is 11.9. The Kier molecular flexibility index (Phi) is 5.96. The molecule has 1 fully saturated rings. The lowest BCUT2D eigenvalue weighted by Crippen LogP contribution is -2.46. The normalized spacial score (nSPS) is 22.3. The predicted molar refractivity (Wildman–Crippen MR) is 67.2 cm³/mol. The van der Waals surface area contributed by atoms with Crippen LogP contribution in [0.2, 0.25) is 0 Å². The number of nitrogens with zero attached hydrogens (tertiary/aromatic N) is 1. The molecule has 0 amide bonds. The van der Waals surface area contributed by atoms with Gasteiger partial charge in [-0.3, -0.25) is 4.90 Å². The number of hydrogen-bond acceptors (Lipinski definition) is 2. The number of rotatable bonds is 6. The van der Waals surface area contributed by atoms with E-state index in [0.717, 1.165) is 13.0 Å². The monoisotopic (exact) mass is 210 g/mol. The van der Waals surface area contributed by atoms with E-state index in [2.05, 4.69) is 30.6 Å². The smallest absolute Gasteiger partial charge is 0.0195 e. The van der Waals surface area contributed by atoms with Crippen molar-refractivity contribution >= 4 is 0 Å². The predicted octanol–water partition coefficient (Wildman–Crippen LogP) is 2.42. The van der Waals surface area contributed by atoms with Crippen LogP contribution < -0.4 is 5.32 Å². The average molecular weight is 210 g/mol. The third kappa shape index (κ3) is 4.80. The standard InChI is InChI=1S/C13H26N2/c1-4-5-10-15(12(2)3)11-13-8-6-7-9-14-13/h4,12-14H,1,5-11H2,2-3H3. The summed E-state index contributed by atoms with van der Waals surface area (Å²) in [7, 11) is 0. The molecule has 0 saturated carbocycles. The molecule has 1 N–H and O–H groups in total. The second kappa shape index (κ2) is 7.02. The van der Waals surface area contributed by atoms with Gasteiger partial charge in [-0.05, 0) is 39.7 Å². The summed E-state index contributed by atoms with van der Waals surface area (Å²) in [5.41, 5.74) is 0. The fourth-order valence-electron chi connectivity index (χ4n) is 2.18. The van der Waals surface area contributed by atoms with Crippen LogP contribution in [0.25, 0.3) is 0 Å². The Bertz CT molecular complexity index is 171. The second-order valence-electron chi connectivity index (χ2n) is 4.81. The largest absolute Gasteiger partial charge is 0.313 e. The minimum atomic E-state index is 0.647. The van der Waals surface area contributed by atoms with Gasteiger partial charge in [-0.25, -0.2) is 0 Å². The summed E-state index contributed by atoms with van der Waals surface area (Å²) in [6, 6.07) is 1.36. The van der Waals surface area contributed by atoms with Crippen LogP contribution in [0.1, 0.15) is 39.5 Å². The van der Waals surface area contributed by atoms with Gasteiger partial charge in [0, 0.05) is 25.2 Å². The van der Waals surface area contributed by atoms with Gasteiger partial charge in [0.05, 0.1) is 0 Å². The zero-order valence-corrected chi connectivity index (χ0v) is 10.3. The van der Waals surface area contributed by atoms with Crippen LogP contribution in [0, 0.1) is 0 Å². The van der Waals surface area contributed by atoms with Gasteiger partial charge >= 0.3 is 0 Å². The number of piperidine rings is 1. The molecule has 0 aliphatic carbocycles. The Morgan fingerprint density at radius 1 is 1.47 bits per heavy atom. The molecule has 2 nitrogen and oxygen atoms in total. The van der Waals surface area contributed by atoms with Gasteiger partial charge < -0.3 is 5.32 Å². The SMILES string of the molecule is C=CCCN(CC1CCCCN1)C(C)C. The highest BCUT2D eigenvalue weighted by molar-refractivity contribution is 4.79. The zero-order chi connectivity index (χ0) is 11.1. The van der Waals surface area contributed by atoms with E-state index in [4.69, 9.17) is 0 Å². The topological polar surface area (TPSA) is 15.3 Å². The summed E-state index contributed by atoms with van der Waals surface area (Å²) in [6.07, 6.45) is 7.21. The first kappa shape index (κ1) is 12.7. The Balaban J connectivity index is 2.31. The van der Waals surface area contributed by atoms with E-state index in [9.17, 15) is 0 Å². The van der Waals surface area contributed by atoms with Gasteiger partial charge in [0.2, 0.25) is 0 Å². The molecule has 0 bridgehead atoms. The number of hydrogen-bond donors (Lipinski definition) is 1. The molecule has 0 spiro atoms. The Hall–Kier alpha value is -0.340. The highest BCUT2D eigenvalue weighted by Crippen LogP contribution is 2.10. The molecule has 1 aliphatic rings. The maximum atomic E-state index is 3.80. The van der Waals surface area contributed by atoms with Crippen molar-refractivity contribution in [2.45, 2.75) is 51.6 Å². The van der Waals surface area contributed by atoms with Crippen molar-refractivity contribution in [2.75, 3.05) is 19.6 Å². The number of nitrogens with one attached hydrogen (secondary N) is 1. The summed E-state index contributed by atoms with van der Waals surface area (Å²) in [4.78, 5) is 2.56. The third-order valence-corrected chi connectivity index (χ3v) is 3.22. The van der Waals surface area contributed by atoms with E-state index in [1.165, 1.54) is 32.4 Å². The molecule has 1 saturated heterocycles. The van der Waals surface area contributed by atoms with Crippen molar-refractivity contribution in [3.63, 3.8) is 0 Å². The maximum absolute atomic E-state index is 3.80. The average Bonchev–Trinajstić information content (AvgIpc) is 2.25. The molecule has 88 valence electrons. The van der Waals surface area contributed by atoms with Crippen molar-refractivity contribution in [1.82, 2.24) is 10.2 Å². The third-order valence-electron chi connectivity index (χ3n) is 3.22. The lowest BCUT2D eigenvalue weighted by Gasteiger charge is -2.32. The summed E-state index contributed by atoms with van der Waals surface area (Å²) in [5, 5.41) is 3.61. The highest BCUT2D eigenvalue weighted by Gasteiger charge is 2.17. The summed E-state index contributed by atoms with van der Waals surface area (Å²) < 4.78 is 0. The minimum absolute atomic E-state index is 0.647. The molecule has 0 aromatic rings. The molecule has 1 aliphatic heterocycles. The molecule has 0 aromatic carbocycles. The van der Waals surface area contributed by atoms with Crippen molar-refractivity contribution in [3.05, 3.63) is 12.7 Å². The first-order valence-electron chi connectivity index (χ1n) is 6.32. The van der Waals surface area contributed by atoms with E-state index in [-0.39, 0.29) is 0 Å². The van der Waals surface area contributed by atoms with Crippen molar-refractivity contribution in [2.24, 2.45) is 0 Å². The molecular weight excluding hydrogens is 184 g/mol. The van der Waals surface area contributed by atoms with Crippen LogP contribution in [0.4, 0.5) is 0 Å². The molecule has 0 aromatic heterocycles. The van der Waals surface area contributed by atoms with E-state index in [0.29, 0.717) is 12.1 Å². The van der Waals surface area contributed by atoms with Crippen molar-refractivity contribution in [3.8, 4) is 0 Å². The molecular formula is C13H26N2. The minimum Gasteiger partial charge on any atom is -0.313 e. The lowest BCUT2D eigenvalue weighted by molar-refractivity contribution is 0.188. The van der Waals surface area contributed by atoms with Crippen LogP contribution in [0.5, 0.6) is 0 Å². The van der Waals surface area contributed by atoms with Crippen LogP contribution in [-0.4, -0.2) is 36.6 Å². The molecule has 1 rings (SSSR count). The quantitative estimate of drug-likeness (QED) is 0.677. The van der Waals surface area contributed by atoms with Crippen LogP contribution in [0.3, 0.4) is 0 Å². The van der Waals surface area contributed by atoms with Gasteiger partial charge in [-0.2, -0.15) is 0 Å². The molecule has 0 radical (unpaired) electrons. The fraction of sp³-hybridized carbons (Fsp3) is 0.846. The van der Waals surface area contributed by atoms with Gasteiger partial charge in [-0.1, -0.05) is 12.5 Å². The summed E-state index contributed by atoms with van der Waals surface area (Å²) in [5.74, 6) is 0. The van der Waals surface area contributed by atoms with Crippen LogP contribution in [-0.2, 0) is 0 Å². The van der Waals surface area contributed by atoms with Crippen LogP contribution >= 0.6 is 0 Å². The molecule has 15 heavy (non-hydrogen) atoms. The first-order chi connectivity index (χ1) is 7.24. The zero-order valence-electron chi connectivity index (χ0n) is 10.3.